The Morgan fingerprint density at radius 2 is 0.769 bits per heavy atom. The van der Waals surface area contributed by atoms with Crippen LogP contribution in [0.15, 0.2) is 12.2 Å². The zero-order valence-corrected chi connectivity index (χ0v) is 52.7. The summed E-state index contributed by atoms with van der Waals surface area (Å²) in [5.41, 5.74) is 0. The van der Waals surface area contributed by atoms with Gasteiger partial charge in [-0.05, 0) is 109 Å². The number of hydrogen-bond donors (Lipinski definition) is 0. The van der Waals surface area contributed by atoms with Crippen LogP contribution in [0, 0.1) is 17.8 Å². The zero-order valence-electron chi connectivity index (χ0n) is 52.7. The average Bonchev–Trinajstić information content (AvgIpc) is 3.44. The van der Waals surface area contributed by atoms with Crippen LogP contribution in [-0.2, 0) is 42.8 Å². The molecule has 0 fully saturated rings. The minimum Gasteiger partial charge on any atom is -0.465 e. The van der Waals surface area contributed by atoms with E-state index in [0.29, 0.717) is 77.2 Å². The van der Waals surface area contributed by atoms with Crippen LogP contribution < -0.4 is 0 Å². The van der Waals surface area contributed by atoms with Crippen molar-refractivity contribution in [2.75, 3.05) is 86.0 Å². The van der Waals surface area contributed by atoms with Gasteiger partial charge in [-0.1, -0.05) is 215 Å². The van der Waals surface area contributed by atoms with Crippen LogP contribution in [0.4, 0.5) is 0 Å². The van der Waals surface area contributed by atoms with Crippen LogP contribution in [0.5, 0.6) is 0 Å². The minimum atomic E-state index is -0.228. The summed E-state index contributed by atoms with van der Waals surface area (Å²) in [5.74, 6) is 0.777. The van der Waals surface area contributed by atoms with E-state index in [1.165, 1.54) is 148 Å². The SMILES string of the molecule is CCCCC/C=C\CCC(=O)N(CCCN(CC)CC)CC(COCOCCCCCCCCOCOCC(CCCCCC)CCCCCC)COC(=O)CCCCCCC(=O)OCC(CCCCCC)CCCCCC. The molecule has 0 radical (unpaired) electrons. The number of carbonyl (C=O) groups is 3. The first kappa shape index (κ1) is 76.0. The van der Waals surface area contributed by atoms with Gasteiger partial charge in [0, 0.05) is 51.5 Å². The Bertz CT molecular complexity index is 1270. The second kappa shape index (κ2) is 61.0. The number of carbonyl (C=O) groups excluding carboxylic acids is 3. The van der Waals surface area contributed by atoms with E-state index in [2.05, 4.69) is 65.5 Å². The summed E-state index contributed by atoms with van der Waals surface area (Å²) in [4.78, 5) is 44.0. The number of esters is 2. The Hall–Kier alpha value is -2.05. The average molecular weight is 1110 g/mol. The molecule has 0 saturated heterocycles. The van der Waals surface area contributed by atoms with Gasteiger partial charge in [-0.15, -0.1) is 0 Å². The van der Waals surface area contributed by atoms with Crippen molar-refractivity contribution in [1.82, 2.24) is 9.80 Å². The van der Waals surface area contributed by atoms with Gasteiger partial charge in [-0.25, -0.2) is 0 Å². The second-order valence-electron chi connectivity index (χ2n) is 22.9. The summed E-state index contributed by atoms with van der Waals surface area (Å²) in [6.45, 7) is 23.5. The summed E-state index contributed by atoms with van der Waals surface area (Å²) in [6.07, 6.45) is 47.2. The number of rotatable bonds is 63. The van der Waals surface area contributed by atoms with Gasteiger partial charge in [-0.2, -0.15) is 0 Å². The fourth-order valence-corrected chi connectivity index (χ4v) is 10.2. The normalized spacial score (nSPS) is 12.2. The van der Waals surface area contributed by atoms with Gasteiger partial charge in [0.25, 0.3) is 0 Å². The van der Waals surface area contributed by atoms with E-state index in [9.17, 15) is 14.4 Å². The van der Waals surface area contributed by atoms with Crippen LogP contribution in [0.2, 0.25) is 0 Å². The number of allylic oxidation sites excluding steroid dienone is 2. The summed E-state index contributed by atoms with van der Waals surface area (Å²) in [5, 5.41) is 0. The first-order valence-corrected chi connectivity index (χ1v) is 33.5. The molecule has 0 aromatic carbocycles. The Morgan fingerprint density at radius 1 is 0.372 bits per heavy atom. The second-order valence-corrected chi connectivity index (χ2v) is 22.9. The number of hydrogen-bond acceptors (Lipinski definition) is 10. The lowest BCUT2D eigenvalue weighted by molar-refractivity contribution is -0.148. The summed E-state index contributed by atoms with van der Waals surface area (Å²) >= 11 is 0. The monoisotopic (exact) mass is 1110 g/mol. The van der Waals surface area contributed by atoms with Gasteiger partial charge < -0.3 is 38.2 Å². The molecule has 11 heteroatoms. The van der Waals surface area contributed by atoms with E-state index in [-0.39, 0.29) is 37.2 Å². The molecule has 0 spiro atoms. The first-order valence-electron chi connectivity index (χ1n) is 33.5. The molecule has 0 heterocycles. The van der Waals surface area contributed by atoms with Crippen LogP contribution in [-0.4, -0.2) is 114 Å². The quantitative estimate of drug-likeness (QED) is 0.0252. The van der Waals surface area contributed by atoms with E-state index >= 15 is 0 Å². The van der Waals surface area contributed by atoms with Crippen molar-refractivity contribution in [1.29, 1.82) is 0 Å². The van der Waals surface area contributed by atoms with Crippen molar-refractivity contribution in [3.05, 3.63) is 12.2 Å². The largest absolute Gasteiger partial charge is 0.465 e. The lowest BCUT2D eigenvalue weighted by Gasteiger charge is -2.29. The van der Waals surface area contributed by atoms with Crippen LogP contribution in [0.25, 0.3) is 0 Å². The van der Waals surface area contributed by atoms with Gasteiger partial charge >= 0.3 is 11.9 Å². The maximum Gasteiger partial charge on any atom is 0.305 e. The van der Waals surface area contributed by atoms with Crippen LogP contribution in [0.1, 0.15) is 299 Å². The summed E-state index contributed by atoms with van der Waals surface area (Å²) < 4.78 is 35.5. The Morgan fingerprint density at radius 3 is 1.24 bits per heavy atom. The maximum atomic E-state index is 13.8. The number of unbranched alkanes of at least 4 members (excludes halogenated alkanes) is 23. The van der Waals surface area contributed by atoms with Gasteiger partial charge in [0.05, 0.1) is 26.4 Å². The smallest absolute Gasteiger partial charge is 0.305 e. The predicted molar refractivity (Wildman–Crippen MR) is 328 cm³/mol. The highest BCUT2D eigenvalue weighted by Gasteiger charge is 2.22. The van der Waals surface area contributed by atoms with Crippen molar-refractivity contribution < 1.29 is 42.8 Å². The molecule has 11 nitrogen and oxygen atoms in total. The van der Waals surface area contributed by atoms with E-state index in [0.717, 1.165) is 110 Å². The predicted octanol–water partition coefficient (Wildman–Crippen LogP) is 17.9. The number of amides is 1. The van der Waals surface area contributed by atoms with Crippen molar-refractivity contribution in [3.8, 4) is 0 Å². The third kappa shape index (κ3) is 52.1. The van der Waals surface area contributed by atoms with Gasteiger partial charge in [0.15, 0.2) is 0 Å². The molecule has 0 aliphatic rings. The van der Waals surface area contributed by atoms with E-state index in [1.54, 1.807) is 0 Å². The highest BCUT2D eigenvalue weighted by molar-refractivity contribution is 5.76. The lowest BCUT2D eigenvalue weighted by atomic mass is 9.95. The highest BCUT2D eigenvalue weighted by Crippen LogP contribution is 2.21. The van der Waals surface area contributed by atoms with E-state index < -0.39 is 0 Å². The Balaban J connectivity index is 5.00. The molecule has 0 aliphatic heterocycles. The molecular formula is C67H130N2O9. The molecule has 1 atom stereocenters. The van der Waals surface area contributed by atoms with Gasteiger partial charge in [0.2, 0.25) is 5.91 Å². The minimum absolute atomic E-state index is 0.0936. The first-order chi connectivity index (χ1) is 38.3. The van der Waals surface area contributed by atoms with Crippen molar-refractivity contribution in [2.45, 2.75) is 299 Å². The molecular weight excluding hydrogens is 977 g/mol. The highest BCUT2D eigenvalue weighted by atomic mass is 16.7. The van der Waals surface area contributed by atoms with Crippen molar-refractivity contribution >= 4 is 17.8 Å². The van der Waals surface area contributed by atoms with Gasteiger partial charge in [-0.3, -0.25) is 14.4 Å². The summed E-state index contributed by atoms with van der Waals surface area (Å²) in [6, 6.07) is 0. The fourth-order valence-electron chi connectivity index (χ4n) is 10.2. The molecule has 78 heavy (non-hydrogen) atoms. The molecule has 0 rings (SSSR count). The molecule has 0 aliphatic carbocycles. The standard InChI is InChI=1S/C67H130N2O9/c1-8-15-20-25-26-29-38-48-65(70)69(52-43-51-68(13-6)14-7)55-64(59-78-67(72)50-40-31-30-39-49-66(71)77-58-63(46-36-23-18-11-4)47-37-24-19-12-5)57-76-61-74-54-42-33-28-27-32-41-53-73-60-75-56-62(44-34-21-16-9-2)45-35-22-17-10-3/h26,29,62-64H,8-25,27-28,30-61H2,1-7H3/b29-26-. The summed E-state index contributed by atoms with van der Waals surface area (Å²) in [7, 11) is 0. The fraction of sp³-hybridized carbons (Fsp3) is 0.925. The molecule has 462 valence electrons. The molecule has 1 unspecified atom stereocenters. The Kier molecular flexibility index (Phi) is 59.4. The van der Waals surface area contributed by atoms with Gasteiger partial charge in [0.1, 0.15) is 13.6 Å². The maximum absolute atomic E-state index is 13.8. The van der Waals surface area contributed by atoms with Crippen molar-refractivity contribution in [2.24, 2.45) is 17.8 Å². The molecule has 0 saturated carbocycles. The molecule has 0 N–H and O–H groups in total. The Labute approximate surface area is 483 Å². The molecule has 0 aromatic rings. The third-order valence-electron chi connectivity index (χ3n) is 15.5. The number of nitrogens with zero attached hydrogens (tertiary/aromatic N) is 2. The zero-order chi connectivity index (χ0) is 57.0. The molecule has 1 amide bonds. The van der Waals surface area contributed by atoms with E-state index in [4.69, 9.17) is 28.4 Å². The number of ether oxygens (including phenoxy) is 6. The lowest BCUT2D eigenvalue weighted by Crippen LogP contribution is -2.40. The topological polar surface area (TPSA) is 113 Å². The van der Waals surface area contributed by atoms with Crippen LogP contribution >= 0.6 is 0 Å². The third-order valence-corrected chi connectivity index (χ3v) is 15.5. The molecule has 0 aromatic heterocycles. The van der Waals surface area contributed by atoms with Crippen molar-refractivity contribution in [3.63, 3.8) is 0 Å². The van der Waals surface area contributed by atoms with E-state index in [1.807, 2.05) is 4.90 Å². The van der Waals surface area contributed by atoms with Crippen LogP contribution in [0.3, 0.4) is 0 Å². The molecule has 0 bridgehead atoms.